The molecule has 7 aromatic rings. The zero-order valence-electron chi connectivity index (χ0n) is 22.1. The van der Waals surface area contributed by atoms with Gasteiger partial charge in [0.25, 0.3) is 13.4 Å². The van der Waals surface area contributed by atoms with Crippen LogP contribution in [0.1, 0.15) is 0 Å². The summed E-state index contributed by atoms with van der Waals surface area (Å²) in [5.41, 5.74) is 8.37. The lowest BCUT2D eigenvalue weighted by Crippen LogP contribution is -2.60. The minimum atomic E-state index is -0.0790. The Hall–Kier alpha value is -5.15. The molecule has 6 aromatic carbocycles. The van der Waals surface area contributed by atoms with Crippen LogP contribution in [0.2, 0.25) is 0 Å². The molecule has 0 N–H and O–H groups in total. The third kappa shape index (κ3) is 3.23. The summed E-state index contributed by atoms with van der Waals surface area (Å²) in [6.07, 6.45) is 0. The van der Waals surface area contributed by atoms with Crippen molar-refractivity contribution in [3.63, 3.8) is 0 Å². The van der Waals surface area contributed by atoms with E-state index in [4.69, 9.17) is 13.9 Å². The van der Waals surface area contributed by atoms with Crippen molar-refractivity contribution in [1.29, 1.82) is 0 Å². The van der Waals surface area contributed by atoms with Gasteiger partial charge in [-0.05, 0) is 29.1 Å². The van der Waals surface area contributed by atoms with Crippen molar-refractivity contribution in [3.05, 3.63) is 133 Å². The quantitative estimate of drug-likeness (QED) is 0.304. The number of benzene rings is 6. The summed E-state index contributed by atoms with van der Waals surface area (Å²) >= 11 is 0. The predicted octanol–water partition coefficient (Wildman–Crippen LogP) is 4.83. The van der Waals surface area contributed by atoms with Crippen molar-refractivity contribution >= 4 is 68.1 Å². The molecule has 0 fully saturated rings. The topological polar surface area (TPSA) is 31.6 Å². The molecule has 0 aliphatic carbocycles. The van der Waals surface area contributed by atoms with E-state index in [-0.39, 0.29) is 13.4 Å². The summed E-state index contributed by atoms with van der Waals surface area (Å²) in [4.78, 5) is 0. The van der Waals surface area contributed by atoms with Crippen LogP contribution >= 0.6 is 0 Å². The van der Waals surface area contributed by atoms with Crippen molar-refractivity contribution in [2.45, 2.75) is 0 Å². The first-order valence-electron chi connectivity index (χ1n) is 14.0. The summed E-state index contributed by atoms with van der Waals surface area (Å²) < 4.78 is 20.6. The first-order valence-corrected chi connectivity index (χ1v) is 14.0. The summed E-state index contributed by atoms with van der Waals surface area (Å²) in [6, 6.07) is 46.3. The molecule has 3 nitrogen and oxygen atoms in total. The average molecular weight is 524 g/mol. The van der Waals surface area contributed by atoms with E-state index in [2.05, 4.69) is 109 Å². The van der Waals surface area contributed by atoms with Gasteiger partial charge in [-0.15, -0.1) is 0 Å². The van der Waals surface area contributed by atoms with Gasteiger partial charge < -0.3 is 13.9 Å². The van der Waals surface area contributed by atoms with Gasteiger partial charge in [-0.1, -0.05) is 126 Å². The minimum Gasteiger partial charge on any atom is -0.459 e. The number of fused-ring (bicyclic) bond motifs is 10. The summed E-state index contributed by atoms with van der Waals surface area (Å²) in [6.45, 7) is -0.150. The van der Waals surface area contributed by atoms with Crippen molar-refractivity contribution in [3.8, 4) is 23.0 Å². The van der Waals surface area contributed by atoms with Gasteiger partial charge in [0.1, 0.15) is 34.2 Å². The zero-order chi connectivity index (χ0) is 26.9. The fourth-order valence-corrected chi connectivity index (χ4v) is 6.83. The van der Waals surface area contributed by atoms with Crippen molar-refractivity contribution in [2.24, 2.45) is 0 Å². The lowest BCUT2D eigenvalue weighted by molar-refractivity contribution is 0.472. The van der Waals surface area contributed by atoms with E-state index in [1.807, 2.05) is 24.3 Å². The Bertz CT molecular complexity index is 2120. The summed E-state index contributed by atoms with van der Waals surface area (Å²) in [5.74, 6) is 3.35. The molecule has 0 saturated carbocycles. The van der Waals surface area contributed by atoms with Crippen LogP contribution in [-0.4, -0.2) is 13.4 Å². The SMILES string of the molecule is c1ccc(B2c3ccccc3Oc3c2c2c(c4oc5ccccc5c34)B(c3ccccc3)c3ccccc3O2)cc1. The van der Waals surface area contributed by atoms with Gasteiger partial charge >= 0.3 is 0 Å². The molecule has 0 radical (unpaired) electrons. The van der Waals surface area contributed by atoms with E-state index in [0.29, 0.717) is 0 Å². The van der Waals surface area contributed by atoms with Crippen LogP contribution in [0.3, 0.4) is 0 Å². The van der Waals surface area contributed by atoms with Crippen LogP contribution in [0, 0.1) is 0 Å². The lowest BCUT2D eigenvalue weighted by atomic mass is 9.32. The largest absolute Gasteiger partial charge is 0.459 e. The number of ether oxygens (including phenoxy) is 2. The molecule has 2 aliphatic heterocycles. The number of hydrogen-bond acceptors (Lipinski definition) is 3. The van der Waals surface area contributed by atoms with Crippen LogP contribution in [0.5, 0.6) is 23.0 Å². The molecular weight excluding hydrogens is 502 g/mol. The second-order valence-corrected chi connectivity index (χ2v) is 10.8. The number of hydrogen-bond donors (Lipinski definition) is 0. The highest BCUT2D eigenvalue weighted by Crippen LogP contribution is 2.42. The maximum Gasteiger partial charge on any atom is 0.255 e. The van der Waals surface area contributed by atoms with E-state index >= 15 is 0 Å². The maximum absolute atomic E-state index is 6.96. The molecule has 0 spiro atoms. The van der Waals surface area contributed by atoms with Gasteiger partial charge in [0, 0.05) is 16.3 Å². The molecule has 9 rings (SSSR count). The van der Waals surface area contributed by atoms with Gasteiger partial charge in [-0.25, -0.2) is 0 Å². The molecule has 0 amide bonds. The first-order chi connectivity index (χ1) is 20.4. The molecule has 1 aromatic heterocycles. The molecule has 0 unspecified atom stereocenters. The zero-order valence-corrected chi connectivity index (χ0v) is 22.1. The van der Waals surface area contributed by atoms with E-state index in [1.54, 1.807) is 0 Å². The number of para-hydroxylation sites is 3. The monoisotopic (exact) mass is 524 g/mol. The van der Waals surface area contributed by atoms with E-state index in [1.165, 1.54) is 10.9 Å². The molecule has 41 heavy (non-hydrogen) atoms. The highest BCUT2D eigenvalue weighted by Gasteiger charge is 2.44. The van der Waals surface area contributed by atoms with Gasteiger partial charge in [0.15, 0.2) is 0 Å². The molecule has 5 heteroatoms. The van der Waals surface area contributed by atoms with Crippen LogP contribution in [0.15, 0.2) is 138 Å². The Morgan fingerprint density at radius 3 is 1.61 bits per heavy atom. The highest BCUT2D eigenvalue weighted by atomic mass is 16.5. The second kappa shape index (κ2) is 8.67. The molecule has 3 heterocycles. The smallest absolute Gasteiger partial charge is 0.255 e. The van der Waals surface area contributed by atoms with Crippen molar-refractivity contribution < 1.29 is 13.9 Å². The molecule has 0 bridgehead atoms. The van der Waals surface area contributed by atoms with Crippen LogP contribution in [0.4, 0.5) is 0 Å². The maximum atomic E-state index is 6.96. The second-order valence-electron chi connectivity index (χ2n) is 10.8. The fourth-order valence-electron chi connectivity index (χ4n) is 6.83. The first kappa shape index (κ1) is 22.6. The average Bonchev–Trinajstić information content (AvgIpc) is 3.43. The Morgan fingerprint density at radius 1 is 0.439 bits per heavy atom. The lowest BCUT2D eigenvalue weighted by Gasteiger charge is -2.34. The fraction of sp³-hybridized carbons (Fsp3) is 0. The van der Waals surface area contributed by atoms with E-state index < -0.39 is 0 Å². The normalized spacial score (nSPS) is 13.2. The summed E-state index contributed by atoms with van der Waals surface area (Å²) in [5, 5.41) is 2.03. The third-order valence-corrected chi connectivity index (χ3v) is 8.53. The van der Waals surface area contributed by atoms with Gasteiger partial charge in [0.05, 0.1) is 5.39 Å². The minimum absolute atomic E-state index is 0.0712. The Balaban J connectivity index is 1.48. The van der Waals surface area contributed by atoms with Crippen LogP contribution < -0.4 is 42.3 Å². The van der Waals surface area contributed by atoms with E-state index in [9.17, 15) is 0 Å². The molecule has 0 saturated heterocycles. The van der Waals surface area contributed by atoms with Crippen LogP contribution in [0.25, 0.3) is 21.9 Å². The Morgan fingerprint density at radius 2 is 0.951 bits per heavy atom. The van der Waals surface area contributed by atoms with Crippen molar-refractivity contribution in [2.75, 3.05) is 0 Å². The Labute approximate surface area is 238 Å². The van der Waals surface area contributed by atoms with E-state index in [0.717, 1.165) is 66.8 Å². The third-order valence-electron chi connectivity index (χ3n) is 8.53. The number of furan rings is 1. The predicted molar refractivity (Wildman–Crippen MR) is 169 cm³/mol. The number of rotatable bonds is 2. The summed E-state index contributed by atoms with van der Waals surface area (Å²) in [7, 11) is 0. The van der Waals surface area contributed by atoms with Gasteiger partial charge in [-0.3, -0.25) is 0 Å². The molecule has 190 valence electrons. The highest BCUT2D eigenvalue weighted by molar-refractivity contribution is 7.01. The molecular formula is C36H22B2O3. The molecule has 2 aliphatic rings. The Kier molecular flexibility index (Phi) is 4.79. The van der Waals surface area contributed by atoms with Crippen LogP contribution in [-0.2, 0) is 0 Å². The van der Waals surface area contributed by atoms with Gasteiger partial charge in [0.2, 0.25) is 0 Å². The van der Waals surface area contributed by atoms with Gasteiger partial charge in [-0.2, -0.15) is 0 Å². The standard InChI is InChI=1S/C36H22B2O3/c1-3-13-23(14-4-1)37-26-18-8-11-21-29(26)40-35-31-25-17-7-10-20-28(25)39-34(31)32-36(33(35)37)41-30-22-12-9-19-27(30)38(32)24-15-5-2-6-16-24/h1-22H. The van der Waals surface area contributed by atoms with Crippen molar-refractivity contribution in [1.82, 2.24) is 0 Å². The molecule has 0 atom stereocenters.